The number of rotatable bonds is 2. The van der Waals surface area contributed by atoms with Gasteiger partial charge >= 0.3 is 0 Å². The SMILES string of the molecule is CC(=O)O.CC(=O)O.CC(=O)O.CC(=O)O.NCCNN.[Fe]. The Morgan fingerprint density at radius 3 is 0.909 bits per heavy atom. The number of carbonyl (C=O) groups is 4. The fourth-order valence-electron chi connectivity index (χ4n) is 0.0833. The van der Waals surface area contributed by atoms with Gasteiger partial charge < -0.3 is 26.2 Å². The van der Waals surface area contributed by atoms with E-state index in [1.54, 1.807) is 0 Å². The van der Waals surface area contributed by atoms with Gasteiger partial charge in [0, 0.05) is 57.9 Å². The first-order valence-corrected chi connectivity index (χ1v) is 5.26. The second-order valence-corrected chi connectivity index (χ2v) is 2.82. The second-order valence-electron chi connectivity index (χ2n) is 2.82. The Balaban J connectivity index is -0.0000000361. The van der Waals surface area contributed by atoms with Gasteiger partial charge in [0.1, 0.15) is 0 Å². The van der Waals surface area contributed by atoms with Crippen molar-refractivity contribution in [3.63, 3.8) is 0 Å². The predicted octanol–water partition coefficient (Wildman–Crippen LogP) is -1.23. The van der Waals surface area contributed by atoms with Crippen LogP contribution in [0.2, 0.25) is 0 Å². The minimum absolute atomic E-state index is 0. The summed E-state index contributed by atoms with van der Waals surface area (Å²) in [5, 5.41) is 29.7. The van der Waals surface area contributed by atoms with Crippen LogP contribution in [-0.4, -0.2) is 57.4 Å². The van der Waals surface area contributed by atoms with Crippen molar-refractivity contribution in [3.8, 4) is 0 Å². The van der Waals surface area contributed by atoms with Crippen molar-refractivity contribution in [1.82, 2.24) is 5.43 Å². The molecule has 0 amide bonds. The van der Waals surface area contributed by atoms with Crippen LogP contribution in [0.3, 0.4) is 0 Å². The summed E-state index contributed by atoms with van der Waals surface area (Å²) in [6.07, 6.45) is 0. The van der Waals surface area contributed by atoms with Crippen LogP contribution in [0.25, 0.3) is 0 Å². The average Bonchev–Trinajstić information content (AvgIpc) is 2.14. The smallest absolute Gasteiger partial charge is 0.300 e. The Labute approximate surface area is 139 Å². The summed E-state index contributed by atoms with van der Waals surface area (Å²) in [4.78, 5) is 36.0. The van der Waals surface area contributed by atoms with E-state index in [-0.39, 0.29) is 17.1 Å². The summed E-state index contributed by atoms with van der Waals surface area (Å²) in [7, 11) is 0. The predicted molar refractivity (Wildman–Crippen MR) is 74.5 cm³/mol. The van der Waals surface area contributed by atoms with Crippen LogP contribution in [0.15, 0.2) is 0 Å². The first kappa shape index (κ1) is 37.0. The summed E-state index contributed by atoms with van der Waals surface area (Å²) in [5.41, 5.74) is 7.39. The molecule has 0 unspecified atom stereocenters. The number of hydrogen-bond donors (Lipinski definition) is 7. The van der Waals surface area contributed by atoms with Crippen molar-refractivity contribution in [2.24, 2.45) is 11.6 Å². The minimum Gasteiger partial charge on any atom is -0.481 e. The van der Waals surface area contributed by atoms with Crippen molar-refractivity contribution in [2.45, 2.75) is 27.7 Å². The van der Waals surface area contributed by atoms with Gasteiger partial charge in [0.2, 0.25) is 0 Å². The summed E-state index contributed by atoms with van der Waals surface area (Å²) in [6, 6.07) is 0. The molecule has 0 aromatic carbocycles. The van der Waals surface area contributed by atoms with E-state index >= 15 is 0 Å². The van der Waals surface area contributed by atoms with E-state index in [2.05, 4.69) is 5.43 Å². The Hall–Kier alpha value is -1.72. The van der Waals surface area contributed by atoms with Gasteiger partial charge in [-0.15, -0.1) is 0 Å². The number of aliphatic carboxylic acids is 4. The monoisotopic (exact) mass is 371 g/mol. The van der Waals surface area contributed by atoms with Crippen molar-refractivity contribution in [3.05, 3.63) is 0 Å². The molecule has 0 atom stereocenters. The maximum atomic E-state index is 9.00. The quantitative estimate of drug-likeness (QED) is 0.173. The van der Waals surface area contributed by atoms with Gasteiger partial charge in [0.15, 0.2) is 0 Å². The Kier molecular flexibility index (Phi) is 61.4. The molecule has 9 N–H and O–H groups in total. The number of carboxylic acid groups (broad SMARTS) is 4. The van der Waals surface area contributed by atoms with Crippen LogP contribution in [0.4, 0.5) is 0 Å². The van der Waals surface area contributed by atoms with E-state index in [1.807, 2.05) is 0 Å². The van der Waals surface area contributed by atoms with E-state index in [4.69, 9.17) is 51.2 Å². The largest absolute Gasteiger partial charge is 0.481 e. The van der Waals surface area contributed by atoms with Crippen LogP contribution in [-0.2, 0) is 36.2 Å². The van der Waals surface area contributed by atoms with Crippen LogP contribution in [0.5, 0.6) is 0 Å². The first-order valence-electron chi connectivity index (χ1n) is 5.26. The van der Waals surface area contributed by atoms with Crippen LogP contribution < -0.4 is 17.0 Å². The van der Waals surface area contributed by atoms with Gasteiger partial charge in [-0.25, -0.2) is 0 Å². The van der Waals surface area contributed by atoms with Gasteiger partial charge in [-0.05, 0) is 0 Å². The van der Waals surface area contributed by atoms with Gasteiger partial charge in [-0.3, -0.25) is 30.4 Å². The van der Waals surface area contributed by atoms with Crippen LogP contribution >= 0.6 is 0 Å². The molecule has 22 heavy (non-hydrogen) atoms. The molecule has 0 heterocycles. The number of carboxylic acids is 4. The maximum absolute atomic E-state index is 9.00. The third-order valence-corrected chi connectivity index (χ3v) is 0.289. The average molecular weight is 371 g/mol. The first-order chi connectivity index (χ1) is 9.34. The summed E-state index contributed by atoms with van der Waals surface area (Å²) >= 11 is 0. The van der Waals surface area contributed by atoms with Gasteiger partial charge in [0.05, 0.1) is 0 Å². The summed E-state index contributed by atoms with van der Waals surface area (Å²) in [6.45, 7) is 5.64. The molecule has 0 saturated carbocycles. The molecule has 0 radical (unpaired) electrons. The van der Waals surface area contributed by atoms with E-state index in [1.165, 1.54) is 0 Å². The molecule has 0 aliphatic rings. The molecule has 0 aliphatic carbocycles. The van der Waals surface area contributed by atoms with E-state index in [9.17, 15) is 0 Å². The van der Waals surface area contributed by atoms with Crippen LogP contribution in [0, 0.1) is 0 Å². The van der Waals surface area contributed by atoms with Gasteiger partial charge in [-0.1, -0.05) is 0 Å². The molecule has 0 aliphatic heterocycles. The molecule has 0 aromatic heterocycles. The van der Waals surface area contributed by atoms with Gasteiger partial charge in [-0.2, -0.15) is 0 Å². The van der Waals surface area contributed by atoms with E-state index in [0.29, 0.717) is 13.1 Å². The topological polar surface area (TPSA) is 213 Å². The molecule has 11 nitrogen and oxygen atoms in total. The molecule has 0 rings (SSSR count). The Morgan fingerprint density at radius 2 is 0.909 bits per heavy atom. The fourth-order valence-corrected chi connectivity index (χ4v) is 0.0833. The van der Waals surface area contributed by atoms with E-state index in [0.717, 1.165) is 27.7 Å². The zero-order valence-corrected chi connectivity index (χ0v) is 13.9. The molecule has 0 spiro atoms. The molecular weight excluding hydrogens is 346 g/mol. The third kappa shape index (κ3) is 69900. The minimum atomic E-state index is -0.833. The zero-order valence-electron chi connectivity index (χ0n) is 12.8. The normalized spacial score (nSPS) is 6.45. The van der Waals surface area contributed by atoms with Gasteiger partial charge in [0.25, 0.3) is 23.9 Å². The number of nitrogens with one attached hydrogen (secondary N) is 1. The molecular formula is C10H25FeN3O8. The molecule has 0 saturated heterocycles. The molecule has 136 valence electrons. The fraction of sp³-hybridized carbons (Fsp3) is 0.600. The van der Waals surface area contributed by atoms with E-state index < -0.39 is 23.9 Å². The number of hydrogen-bond acceptors (Lipinski definition) is 7. The summed E-state index contributed by atoms with van der Waals surface area (Å²) in [5.74, 6) is 1.48. The molecule has 0 aromatic rings. The number of nitrogens with two attached hydrogens (primary N) is 2. The Morgan fingerprint density at radius 1 is 0.773 bits per heavy atom. The third-order valence-electron chi connectivity index (χ3n) is 0.289. The van der Waals surface area contributed by atoms with Crippen molar-refractivity contribution < 1.29 is 56.7 Å². The molecule has 0 fully saturated rings. The molecule has 12 heteroatoms. The van der Waals surface area contributed by atoms with Crippen molar-refractivity contribution >= 4 is 23.9 Å². The zero-order chi connectivity index (χ0) is 18.4. The summed E-state index contributed by atoms with van der Waals surface area (Å²) < 4.78 is 0. The van der Waals surface area contributed by atoms with Crippen molar-refractivity contribution in [2.75, 3.05) is 13.1 Å². The second kappa shape index (κ2) is 36.5. The van der Waals surface area contributed by atoms with Crippen molar-refractivity contribution in [1.29, 1.82) is 0 Å². The maximum Gasteiger partial charge on any atom is 0.300 e. The Bertz CT molecular complexity index is 211. The molecule has 0 bridgehead atoms. The van der Waals surface area contributed by atoms with Crippen LogP contribution in [0.1, 0.15) is 27.7 Å². The number of hydrazine groups is 1. The standard InChI is InChI=1S/C2H9N3.4C2H4O2.Fe/c3-1-2-5-4;4*1-2(3)4;/h5H,1-4H2;4*1H3,(H,3,4);.